The maximum Gasteiger partial charge on any atom is 0.188 e. The molecule has 0 aliphatic carbocycles. The van der Waals surface area contributed by atoms with Crippen LogP contribution >= 0.6 is 24.0 Å². The molecule has 0 heterocycles. The fourth-order valence-electron chi connectivity index (χ4n) is 1.69. The first kappa shape index (κ1) is 18.1. The largest absolute Gasteiger partial charge is 0.370 e. The van der Waals surface area contributed by atoms with Gasteiger partial charge in [-0.1, -0.05) is 39.0 Å². The van der Waals surface area contributed by atoms with E-state index >= 15 is 0 Å². The van der Waals surface area contributed by atoms with Gasteiger partial charge in [0.05, 0.1) is 6.54 Å². The van der Waals surface area contributed by atoms with E-state index in [-0.39, 0.29) is 35.2 Å². The van der Waals surface area contributed by atoms with Crippen LogP contribution < -0.4 is 11.1 Å². The van der Waals surface area contributed by atoms with Crippen molar-refractivity contribution in [2.45, 2.75) is 32.6 Å². The number of aliphatic imine (C=N–C) groups is 1. The lowest BCUT2D eigenvalue weighted by Gasteiger charge is -2.23. The summed E-state index contributed by atoms with van der Waals surface area (Å²) >= 11 is 0. The summed E-state index contributed by atoms with van der Waals surface area (Å²) in [6, 6.07) is 6.79. The van der Waals surface area contributed by atoms with E-state index in [0.717, 1.165) is 13.0 Å². The van der Waals surface area contributed by atoms with Gasteiger partial charge in [0.1, 0.15) is 5.82 Å². The molecule has 0 saturated carbocycles. The standard InChI is InChI=1S/C14H22FN3.HI/c1-4-9-17-13(16)18-10-14(2,3)11-7-5-6-8-12(11)15;/h5-8H,4,9-10H2,1-3H3,(H3,16,17,18);1H. The minimum atomic E-state index is -0.371. The third-order valence-corrected chi connectivity index (χ3v) is 2.80. The molecule has 3 N–H and O–H groups in total. The van der Waals surface area contributed by atoms with Gasteiger partial charge in [-0.05, 0) is 18.1 Å². The van der Waals surface area contributed by atoms with E-state index in [9.17, 15) is 4.39 Å². The third-order valence-electron chi connectivity index (χ3n) is 2.80. The Hall–Kier alpha value is -0.850. The number of hydrogen-bond acceptors (Lipinski definition) is 1. The van der Waals surface area contributed by atoms with Crippen molar-refractivity contribution in [1.29, 1.82) is 0 Å². The van der Waals surface area contributed by atoms with E-state index in [2.05, 4.69) is 17.2 Å². The average Bonchev–Trinajstić information content (AvgIpc) is 2.34. The first-order valence-electron chi connectivity index (χ1n) is 6.26. The molecule has 19 heavy (non-hydrogen) atoms. The molecule has 5 heteroatoms. The SMILES string of the molecule is CCCNC(N)=NCC(C)(C)c1ccccc1F.I. The summed E-state index contributed by atoms with van der Waals surface area (Å²) in [5.74, 6) is 0.221. The zero-order valence-corrected chi connectivity index (χ0v) is 14.1. The normalized spacial score (nSPS) is 11.9. The van der Waals surface area contributed by atoms with Gasteiger partial charge in [0.2, 0.25) is 0 Å². The number of hydrogen-bond donors (Lipinski definition) is 2. The van der Waals surface area contributed by atoms with E-state index in [0.29, 0.717) is 18.1 Å². The van der Waals surface area contributed by atoms with Crippen LogP contribution in [0.4, 0.5) is 4.39 Å². The molecule has 0 unspecified atom stereocenters. The lowest BCUT2D eigenvalue weighted by Crippen LogP contribution is -2.34. The highest BCUT2D eigenvalue weighted by Gasteiger charge is 2.23. The second-order valence-electron chi connectivity index (χ2n) is 4.99. The Balaban J connectivity index is 0.00000324. The Morgan fingerprint density at radius 3 is 2.58 bits per heavy atom. The molecule has 108 valence electrons. The maximum atomic E-state index is 13.7. The van der Waals surface area contributed by atoms with Crippen LogP contribution in [0.15, 0.2) is 29.3 Å². The van der Waals surface area contributed by atoms with Crippen LogP contribution in [-0.4, -0.2) is 19.0 Å². The number of nitrogens with zero attached hydrogens (tertiary/aromatic N) is 1. The number of nitrogens with one attached hydrogen (secondary N) is 1. The third kappa shape index (κ3) is 5.76. The molecule has 0 aromatic heterocycles. The molecule has 0 fully saturated rings. The van der Waals surface area contributed by atoms with Crippen molar-refractivity contribution < 1.29 is 4.39 Å². The van der Waals surface area contributed by atoms with Crippen LogP contribution in [0.5, 0.6) is 0 Å². The first-order valence-corrected chi connectivity index (χ1v) is 6.26. The van der Waals surface area contributed by atoms with Crippen molar-refractivity contribution in [3.63, 3.8) is 0 Å². The van der Waals surface area contributed by atoms with E-state index in [1.807, 2.05) is 19.9 Å². The van der Waals surface area contributed by atoms with Gasteiger partial charge in [-0.15, -0.1) is 24.0 Å². The maximum absolute atomic E-state index is 13.7. The van der Waals surface area contributed by atoms with Crippen LogP contribution in [0.1, 0.15) is 32.8 Å². The molecule has 0 amide bonds. The lowest BCUT2D eigenvalue weighted by molar-refractivity contribution is 0.493. The predicted octanol–water partition coefficient (Wildman–Crippen LogP) is 3.04. The Morgan fingerprint density at radius 2 is 2.00 bits per heavy atom. The predicted molar refractivity (Wildman–Crippen MR) is 89.6 cm³/mol. The Labute approximate surface area is 131 Å². The number of nitrogens with two attached hydrogens (primary N) is 1. The Bertz CT molecular complexity index is 419. The monoisotopic (exact) mass is 379 g/mol. The van der Waals surface area contributed by atoms with Gasteiger partial charge in [0.15, 0.2) is 5.96 Å². The van der Waals surface area contributed by atoms with Crippen molar-refractivity contribution in [1.82, 2.24) is 5.32 Å². The Kier molecular flexibility index (Phi) is 7.97. The second kappa shape index (κ2) is 8.35. The molecule has 1 aromatic rings. The molecule has 3 nitrogen and oxygen atoms in total. The molecular weight excluding hydrogens is 356 g/mol. The molecule has 0 aliphatic heterocycles. The smallest absolute Gasteiger partial charge is 0.188 e. The zero-order chi connectivity index (χ0) is 13.6. The fraction of sp³-hybridized carbons (Fsp3) is 0.500. The molecule has 0 saturated heterocycles. The summed E-state index contributed by atoms with van der Waals surface area (Å²) < 4.78 is 13.7. The van der Waals surface area contributed by atoms with Gasteiger partial charge >= 0.3 is 0 Å². The number of rotatable bonds is 5. The van der Waals surface area contributed by atoms with Crippen LogP contribution in [0, 0.1) is 5.82 Å². The summed E-state index contributed by atoms with van der Waals surface area (Å²) in [7, 11) is 0. The molecular formula is C14H23FIN3. The van der Waals surface area contributed by atoms with Crippen molar-refractivity contribution in [2.75, 3.05) is 13.1 Å². The van der Waals surface area contributed by atoms with Crippen LogP contribution in [0.3, 0.4) is 0 Å². The van der Waals surface area contributed by atoms with Gasteiger partial charge in [-0.25, -0.2) is 4.39 Å². The van der Waals surface area contributed by atoms with E-state index < -0.39 is 0 Å². The summed E-state index contributed by atoms with van der Waals surface area (Å²) in [5.41, 5.74) is 6.02. The summed E-state index contributed by atoms with van der Waals surface area (Å²) in [4.78, 5) is 4.27. The molecule has 0 radical (unpaired) electrons. The molecule has 0 bridgehead atoms. The van der Waals surface area contributed by atoms with Gasteiger partial charge in [-0.3, -0.25) is 4.99 Å². The van der Waals surface area contributed by atoms with Gasteiger partial charge in [-0.2, -0.15) is 0 Å². The van der Waals surface area contributed by atoms with Gasteiger partial charge in [0.25, 0.3) is 0 Å². The minimum Gasteiger partial charge on any atom is -0.370 e. The quantitative estimate of drug-likeness (QED) is 0.470. The highest BCUT2D eigenvalue weighted by Crippen LogP contribution is 2.25. The zero-order valence-electron chi connectivity index (χ0n) is 11.7. The number of benzene rings is 1. The first-order chi connectivity index (χ1) is 8.47. The summed E-state index contributed by atoms with van der Waals surface area (Å²) in [6.45, 7) is 7.24. The topological polar surface area (TPSA) is 50.4 Å². The number of halogens is 2. The average molecular weight is 379 g/mol. The molecule has 1 rings (SSSR count). The van der Waals surface area contributed by atoms with Crippen LogP contribution in [0.2, 0.25) is 0 Å². The minimum absolute atomic E-state index is 0. The summed E-state index contributed by atoms with van der Waals surface area (Å²) in [5, 5.41) is 3.00. The van der Waals surface area contributed by atoms with Crippen molar-refractivity contribution in [3.8, 4) is 0 Å². The van der Waals surface area contributed by atoms with E-state index in [1.165, 1.54) is 6.07 Å². The molecule has 0 aliphatic rings. The lowest BCUT2D eigenvalue weighted by atomic mass is 9.84. The number of guanidine groups is 1. The molecule has 0 atom stereocenters. The van der Waals surface area contributed by atoms with Crippen molar-refractivity contribution in [2.24, 2.45) is 10.7 Å². The summed E-state index contributed by atoms with van der Waals surface area (Å²) in [6.07, 6.45) is 0.993. The highest BCUT2D eigenvalue weighted by molar-refractivity contribution is 14.0. The van der Waals surface area contributed by atoms with E-state index in [1.54, 1.807) is 12.1 Å². The highest BCUT2D eigenvalue weighted by atomic mass is 127. The van der Waals surface area contributed by atoms with E-state index in [4.69, 9.17) is 5.73 Å². The van der Waals surface area contributed by atoms with Gasteiger partial charge < -0.3 is 11.1 Å². The molecule has 0 spiro atoms. The van der Waals surface area contributed by atoms with Crippen LogP contribution in [-0.2, 0) is 5.41 Å². The van der Waals surface area contributed by atoms with Crippen molar-refractivity contribution >= 4 is 29.9 Å². The molecule has 1 aromatic carbocycles. The Morgan fingerprint density at radius 1 is 1.37 bits per heavy atom. The second-order valence-corrected chi connectivity index (χ2v) is 4.99. The van der Waals surface area contributed by atoms with Crippen molar-refractivity contribution in [3.05, 3.63) is 35.6 Å². The van der Waals surface area contributed by atoms with Gasteiger partial charge in [0, 0.05) is 12.0 Å². The van der Waals surface area contributed by atoms with Crippen LogP contribution in [0.25, 0.3) is 0 Å². The fourth-order valence-corrected chi connectivity index (χ4v) is 1.69.